The monoisotopic (exact) mass is 216 g/mol. The predicted octanol–water partition coefficient (Wildman–Crippen LogP) is 1.92. The third kappa shape index (κ3) is 1.40. The summed E-state index contributed by atoms with van der Waals surface area (Å²) in [7, 11) is 0. The molecule has 0 unspecified atom stereocenters. The van der Waals surface area contributed by atoms with Crippen molar-refractivity contribution in [1.82, 2.24) is 5.32 Å². The first-order chi connectivity index (χ1) is 7.71. The molecule has 1 aliphatic carbocycles. The van der Waals surface area contributed by atoms with Crippen LogP contribution in [0.4, 0.5) is 0 Å². The summed E-state index contributed by atoms with van der Waals surface area (Å²) in [6.45, 7) is 4.42. The Hall–Kier alpha value is -0.860. The van der Waals surface area contributed by atoms with E-state index in [4.69, 9.17) is 5.73 Å². The highest BCUT2D eigenvalue weighted by Crippen LogP contribution is 2.49. The van der Waals surface area contributed by atoms with Crippen LogP contribution in [0.15, 0.2) is 18.2 Å². The summed E-state index contributed by atoms with van der Waals surface area (Å²) in [6, 6.07) is 7.02. The molecule has 3 N–H and O–H groups in total. The van der Waals surface area contributed by atoms with Crippen LogP contribution in [0.2, 0.25) is 0 Å². The normalized spacial score (nSPS) is 27.0. The van der Waals surface area contributed by atoms with Gasteiger partial charge in [0.2, 0.25) is 0 Å². The molecule has 16 heavy (non-hydrogen) atoms. The number of aryl methyl sites for hydroxylation is 1. The molecule has 2 heteroatoms. The maximum Gasteiger partial charge on any atom is 0.0359 e. The van der Waals surface area contributed by atoms with Crippen molar-refractivity contribution in [2.24, 2.45) is 11.1 Å². The van der Waals surface area contributed by atoms with Gasteiger partial charge in [0.25, 0.3) is 0 Å². The highest BCUT2D eigenvalue weighted by molar-refractivity contribution is 5.40. The Labute approximate surface area is 97.2 Å². The molecule has 3 rings (SSSR count). The quantitative estimate of drug-likeness (QED) is 0.695. The topological polar surface area (TPSA) is 38.0 Å². The molecule has 0 aromatic heterocycles. The molecule has 1 aromatic carbocycles. The van der Waals surface area contributed by atoms with Crippen molar-refractivity contribution in [3.8, 4) is 0 Å². The fraction of sp³-hybridized carbons (Fsp3) is 0.571. The van der Waals surface area contributed by atoms with Gasteiger partial charge in [-0.25, -0.2) is 0 Å². The number of hydrogen-bond donors (Lipinski definition) is 2. The van der Waals surface area contributed by atoms with Crippen LogP contribution in [0.1, 0.15) is 35.6 Å². The standard InChI is InChI=1S/C14H20N2/c1-10-2-3-12-11(8-10)9-14(13(12)15)4-6-16-7-5-14/h2-3,8,13,16H,4-7,9,15H2,1H3/t13-/m1/s1. The average molecular weight is 216 g/mol. The van der Waals surface area contributed by atoms with Crippen LogP contribution in [0.5, 0.6) is 0 Å². The number of nitrogens with one attached hydrogen (secondary N) is 1. The highest BCUT2D eigenvalue weighted by atomic mass is 14.9. The Morgan fingerprint density at radius 3 is 2.81 bits per heavy atom. The van der Waals surface area contributed by atoms with Crippen LogP contribution in [0.25, 0.3) is 0 Å². The van der Waals surface area contributed by atoms with E-state index in [9.17, 15) is 0 Å². The van der Waals surface area contributed by atoms with Crippen LogP contribution < -0.4 is 11.1 Å². The van der Waals surface area contributed by atoms with Gasteiger partial charge < -0.3 is 11.1 Å². The first-order valence-corrected chi connectivity index (χ1v) is 6.27. The van der Waals surface area contributed by atoms with Crippen molar-refractivity contribution >= 4 is 0 Å². The molecule has 0 bridgehead atoms. The van der Waals surface area contributed by atoms with Gasteiger partial charge in [0.05, 0.1) is 0 Å². The number of hydrogen-bond acceptors (Lipinski definition) is 2. The zero-order valence-corrected chi connectivity index (χ0v) is 9.92. The van der Waals surface area contributed by atoms with Crippen molar-refractivity contribution in [3.63, 3.8) is 0 Å². The van der Waals surface area contributed by atoms with Crippen molar-refractivity contribution in [1.29, 1.82) is 0 Å². The second-order valence-corrected chi connectivity index (χ2v) is 5.47. The first kappa shape index (κ1) is 10.3. The lowest BCUT2D eigenvalue weighted by Crippen LogP contribution is -2.41. The predicted molar refractivity (Wildman–Crippen MR) is 66.3 cm³/mol. The summed E-state index contributed by atoms with van der Waals surface area (Å²) in [5.41, 5.74) is 11.1. The Bertz CT molecular complexity index is 405. The Kier molecular flexibility index (Phi) is 2.30. The van der Waals surface area contributed by atoms with E-state index in [0.717, 1.165) is 13.1 Å². The third-order valence-corrected chi connectivity index (χ3v) is 4.44. The molecule has 1 aromatic rings. The van der Waals surface area contributed by atoms with Gasteiger partial charge in [0, 0.05) is 6.04 Å². The van der Waals surface area contributed by atoms with Crippen molar-refractivity contribution in [2.75, 3.05) is 13.1 Å². The zero-order chi connectivity index (χ0) is 11.2. The van der Waals surface area contributed by atoms with E-state index >= 15 is 0 Å². The van der Waals surface area contributed by atoms with Crippen LogP contribution in [0.3, 0.4) is 0 Å². The van der Waals surface area contributed by atoms with E-state index in [0.29, 0.717) is 5.41 Å². The van der Waals surface area contributed by atoms with E-state index in [1.165, 1.54) is 36.0 Å². The lowest BCUT2D eigenvalue weighted by molar-refractivity contribution is 0.174. The third-order valence-electron chi connectivity index (χ3n) is 4.44. The summed E-state index contributed by atoms with van der Waals surface area (Å²) in [6.07, 6.45) is 3.64. The molecule has 1 fully saturated rings. The van der Waals surface area contributed by atoms with Gasteiger partial charge in [-0.2, -0.15) is 0 Å². The van der Waals surface area contributed by atoms with Crippen LogP contribution in [-0.2, 0) is 6.42 Å². The molecule has 1 heterocycles. The van der Waals surface area contributed by atoms with Crippen molar-refractivity contribution in [2.45, 2.75) is 32.2 Å². The minimum atomic E-state index is 0.255. The summed E-state index contributed by atoms with van der Waals surface area (Å²) in [5, 5.41) is 3.44. The smallest absolute Gasteiger partial charge is 0.0359 e. The molecular formula is C14H20N2. The Morgan fingerprint density at radius 2 is 2.06 bits per heavy atom. The molecule has 2 nitrogen and oxygen atoms in total. The van der Waals surface area contributed by atoms with Crippen LogP contribution >= 0.6 is 0 Å². The number of rotatable bonds is 0. The zero-order valence-electron chi connectivity index (χ0n) is 9.92. The van der Waals surface area contributed by atoms with Gasteiger partial charge in [-0.05, 0) is 55.8 Å². The van der Waals surface area contributed by atoms with Gasteiger partial charge in [-0.15, -0.1) is 0 Å². The number of fused-ring (bicyclic) bond motifs is 1. The molecule has 1 spiro atoms. The largest absolute Gasteiger partial charge is 0.323 e. The number of benzene rings is 1. The molecule has 0 amide bonds. The highest BCUT2D eigenvalue weighted by Gasteiger charge is 2.44. The summed E-state index contributed by atoms with van der Waals surface area (Å²) in [5.74, 6) is 0. The van der Waals surface area contributed by atoms with E-state index in [1.807, 2.05) is 0 Å². The van der Waals surface area contributed by atoms with Crippen molar-refractivity contribution < 1.29 is 0 Å². The van der Waals surface area contributed by atoms with E-state index in [1.54, 1.807) is 0 Å². The van der Waals surface area contributed by atoms with Gasteiger partial charge >= 0.3 is 0 Å². The number of nitrogens with two attached hydrogens (primary N) is 1. The Balaban J connectivity index is 1.98. The minimum Gasteiger partial charge on any atom is -0.323 e. The van der Waals surface area contributed by atoms with Gasteiger partial charge in [-0.3, -0.25) is 0 Å². The van der Waals surface area contributed by atoms with Crippen molar-refractivity contribution in [3.05, 3.63) is 34.9 Å². The lowest BCUT2D eigenvalue weighted by atomic mass is 9.73. The van der Waals surface area contributed by atoms with E-state index in [-0.39, 0.29) is 6.04 Å². The van der Waals surface area contributed by atoms with Crippen LogP contribution in [0, 0.1) is 12.3 Å². The minimum absolute atomic E-state index is 0.255. The van der Waals surface area contributed by atoms with Gasteiger partial charge in [0.15, 0.2) is 0 Å². The second-order valence-electron chi connectivity index (χ2n) is 5.47. The molecule has 1 aliphatic heterocycles. The van der Waals surface area contributed by atoms with Gasteiger partial charge in [0.1, 0.15) is 0 Å². The summed E-state index contributed by atoms with van der Waals surface area (Å²) >= 11 is 0. The molecule has 86 valence electrons. The first-order valence-electron chi connectivity index (χ1n) is 6.27. The lowest BCUT2D eigenvalue weighted by Gasteiger charge is -2.37. The molecule has 1 saturated heterocycles. The fourth-order valence-electron chi connectivity index (χ4n) is 3.42. The SMILES string of the molecule is Cc1ccc2c(c1)CC1(CCNCC1)[C@@H]2N. The molecule has 0 radical (unpaired) electrons. The van der Waals surface area contributed by atoms with Crippen LogP contribution in [-0.4, -0.2) is 13.1 Å². The molecule has 1 atom stereocenters. The average Bonchev–Trinajstić information content (AvgIpc) is 2.53. The second kappa shape index (κ2) is 3.57. The molecular weight excluding hydrogens is 196 g/mol. The maximum absolute atomic E-state index is 6.48. The van der Waals surface area contributed by atoms with E-state index in [2.05, 4.69) is 30.4 Å². The Morgan fingerprint density at radius 1 is 1.31 bits per heavy atom. The number of piperidine rings is 1. The molecule has 0 saturated carbocycles. The van der Waals surface area contributed by atoms with E-state index < -0.39 is 0 Å². The molecule has 2 aliphatic rings. The summed E-state index contributed by atoms with van der Waals surface area (Å²) < 4.78 is 0. The maximum atomic E-state index is 6.48. The fourth-order valence-corrected chi connectivity index (χ4v) is 3.42. The van der Waals surface area contributed by atoms with Gasteiger partial charge in [-0.1, -0.05) is 23.8 Å². The summed E-state index contributed by atoms with van der Waals surface area (Å²) in [4.78, 5) is 0.